The Balaban J connectivity index is 2.59. The van der Waals surface area contributed by atoms with E-state index in [0.717, 1.165) is 0 Å². The second kappa shape index (κ2) is 4.75. The number of esters is 1. The third kappa shape index (κ3) is 2.44. The molecule has 0 bridgehead atoms. The zero-order valence-corrected chi connectivity index (χ0v) is 8.64. The highest BCUT2D eigenvalue weighted by molar-refractivity contribution is 5.92. The Hall–Kier alpha value is -1.61. The van der Waals surface area contributed by atoms with E-state index in [2.05, 4.69) is 9.89 Å². The second-order valence-corrected chi connectivity index (χ2v) is 3.35. The maximum absolute atomic E-state index is 11.2. The summed E-state index contributed by atoms with van der Waals surface area (Å²) in [6.45, 7) is 1.75. The van der Waals surface area contributed by atoms with Crippen LogP contribution in [0.1, 0.15) is 13.3 Å². The minimum absolute atomic E-state index is 0.282. The van der Waals surface area contributed by atoms with Gasteiger partial charge in [0.1, 0.15) is 12.1 Å². The Bertz CT molecular complexity index is 321. The number of nitriles is 1. The number of carbonyl (C=O) groups is 1. The molecule has 0 saturated heterocycles. The van der Waals surface area contributed by atoms with Gasteiger partial charge in [-0.1, -0.05) is 12.1 Å². The summed E-state index contributed by atoms with van der Waals surface area (Å²) in [6.07, 6.45) is -0.171. The van der Waals surface area contributed by atoms with Crippen molar-refractivity contribution in [3.8, 4) is 6.07 Å². The molecule has 15 heavy (non-hydrogen) atoms. The molecule has 6 heteroatoms. The number of ether oxygens (including phenoxy) is 1. The van der Waals surface area contributed by atoms with Gasteiger partial charge in [-0.2, -0.15) is 5.26 Å². The average Bonchev–Trinajstić information content (AvgIpc) is 2.74. The predicted molar refractivity (Wildman–Crippen MR) is 51.7 cm³/mol. The summed E-state index contributed by atoms with van der Waals surface area (Å²) >= 11 is 0. The number of methoxy groups -OCH3 is 1. The van der Waals surface area contributed by atoms with Crippen LogP contribution in [0, 0.1) is 17.2 Å². The van der Waals surface area contributed by atoms with Crippen LogP contribution >= 0.6 is 0 Å². The van der Waals surface area contributed by atoms with Crippen LogP contribution in [0.4, 0.5) is 0 Å². The summed E-state index contributed by atoms with van der Waals surface area (Å²) in [6, 6.07) is 1.17. The van der Waals surface area contributed by atoms with Gasteiger partial charge in [-0.15, -0.1) is 0 Å². The number of hydrogen-bond acceptors (Lipinski definition) is 6. The van der Waals surface area contributed by atoms with Crippen molar-refractivity contribution in [2.75, 3.05) is 7.11 Å². The SMILES string of the molecule is COC(=O)[C@H](N)[C@H](C)C1=NOC(C#N)C1. The molecule has 0 radical (unpaired) electrons. The third-order valence-corrected chi connectivity index (χ3v) is 2.37. The van der Waals surface area contributed by atoms with Crippen LogP contribution in [0.3, 0.4) is 0 Å². The fourth-order valence-corrected chi connectivity index (χ4v) is 1.28. The van der Waals surface area contributed by atoms with Gasteiger partial charge >= 0.3 is 5.97 Å². The van der Waals surface area contributed by atoms with Crippen molar-refractivity contribution in [1.29, 1.82) is 5.26 Å². The van der Waals surface area contributed by atoms with Crippen LogP contribution in [0.5, 0.6) is 0 Å². The molecular weight excluding hydrogens is 198 g/mol. The second-order valence-electron chi connectivity index (χ2n) is 3.35. The van der Waals surface area contributed by atoms with Crippen LogP contribution in [0.2, 0.25) is 0 Å². The van der Waals surface area contributed by atoms with Crippen molar-refractivity contribution in [1.82, 2.24) is 0 Å². The summed E-state index contributed by atoms with van der Waals surface area (Å²) in [5.74, 6) is -0.776. The molecule has 0 aromatic heterocycles. The molecule has 0 amide bonds. The van der Waals surface area contributed by atoms with Gasteiger partial charge in [0.2, 0.25) is 6.10 Å². The van der Waals surface area contributed by atoms with E-state index in [1.165, 1.54) is 7.11 Å². The Morgan fingerprint density at radius 1 is 1.87 bits per heavy atom. The molecule has 3 atom stereocenters. The molecule has 1 heterocycles. The number of oxime groups is 1. The maximum atomic E-state index is 11.2. The van der Waals surface area contributed by atoms with Crippen molar-refractivity contribution in [2.24, 2.45) is 16.8 Å². The molecule has 1 rings (SSSR count). The van der Waals surface area contributed by atoms with E-state index in [1.54, 1.807) is 6.92 Å². The smallest absolute Gasteiger partial charge is 0.323 e. The average molecular weight is 211 g/mol. The van der Waals surface area contributed by atoms with Crippen molar-refractivity contribution in [3.05, 3.63) is 0 Å². The summed E-state index contributed by atoms with van der Waals surface area (Å²) in [5, 5.41) is 12.3. The van der Waals surface area contributed by atoms with E-state index < -0.39 is 18.1 Å². The fourth-order valence-electron chi connectivity index (χ4n) is 1.28. The van der Waals surface area contributed by atoms with Gasteiger partial charge in [0.25, 0.3) is 0 Å². The van der Waals surface area contributed by atoms with Crippen LogP contribution < -0.4 is 5.73 Å². The zero-order chi connectivity index (χ0) is 11.4. The summed E-state index contributed by atoms with van der Waals surface area (Å²) in [4.78, 5) is 16.0. The van der Waals surface area contributed by atoms with Gasteiger partial charge in [0.15, 0.2) is 0 Å². The van der Waals surface area contributed by atoms with Crippen molar-refractivity contribution in [3.63, 3.8) is 0 Å². The lowest BCUT2D eigenvalue weighted by atomic mass is 9.94. The van der Waals surface area contributed by atoms with Crippen molar-refractivity contribution >= 4 is 11.7 Å². The highest BCUT2D eigenvalue weighted by atomic mass is 16.6. The molecule has 0 saturated carbocycles. The molecule has 82 valence electrons. The van der Waals surface area contributed by atoms with Crippen LogP contribution in [-0.4, -0.2) is 30.9 Å². The van der Waals surface area contributed by atoms with E-state index in [-0.39, 0.29) is 5.92 Å². The van der Waals surface area contributed by atoms with Crippen molar-refractivity contribution < 1.29 is 14.4 Å². The summed E-state index contributed by atoms with van der Waals surface area (Å²) < 4.78 is 4.52. The number of hydrogen-bond donors (Lipinski definition) is 1. The Kier molecular flexibility index (Phi) is 3.63. The topological polar surface area (TPSA) is 97.7 Å². The van der Waals surface area contributed by atoms with E-state index in [9.17, 15) is 4.79 Å². The van der Waals surface area contributed by atoms with Gasteiger partial charge in [0.05, 0.1) is 12.8 Å². The quantitative estimate of drug-likeness (QED) is 0.651. The lowest BCUT2D eigenvalue weighted by Gasteiger charge is -2.16. The van der Waals surface area contributed by atoms with Gasteiger partial charge < -0.3 is 15.3 Å². The minimum Gasteiger partial charge on any atom is -0.468 e. The first kappa shape index (κ1) is 11.5. The van der Waals surface area contributed by atoms with Crippen LogP contribution in [-0.2, 0) is 14.4 Å². The molecule has 1 aliphatic rings. The standard InChI is InChI=1S/C9H13N3O3/c1-5(8(11)9(13)14-2)7-3-6(4-10)15-12-7/h5-6,8H,3,11H2,1-2H3/t5-,6?,8-/m1/s1. The predicted octanol–water partition coefficient (Wildman–Crippen LogP) is -0.209. The van der Waals surface area contributed by atoms with Gasteiger partial charge in [0, 0.05) is 12.3 Å². The maximum Gasteiger partial charge on any atom is 0.323 e. The highest BCUT2D eigenvalue weighted by Gasteiger charge is 2.31. The third-order valence-electron chi connectivity index (χ3n) is 2.37. The zero-order valence-electron chi connectivity index (χ0n) is 8.64. The molecule has 0 fully saturated rings. The molecule has 0 aromatic rings. The lowest BCUT2D eigenvalue weighted by Crippen LogP contribution is -2.41. The Morgan fingerprint density at radius 2 is 2.53 bits per heavy atom. The summed E-state index contributed by atoms with van der Waals surface area (Å²) in [7, 11) is 1.28. The molecule has 2 N–H and O–H groups in total. The fraction of sp³-hybridized carbons (Fsp3) is 0.667. The first-order chi connectivity index (χ1) is 7.10. The van der Waals surface area contributed by atoms with Gasteiger partial charge in [-0.05, 0) is 0 Å². The molecular formula is C9H13N3O3. The molecule has 0 aromatic carbocycles. The first-order valence-corrected chi connectivity index (χ1v) is 4.55. The molecule has 6 nitrogen and oxygen atoms in total. The molecule has 0 aliphatic carbocycles. The first-order valence-electron chi connectivity index (χ1n) is 4.55. The summed E-state index contributed by atoms with van der Waals surface area (Å²) in [5.41, 5.74) is 6.27. The van der Waals surface area contributed by atoms with E-state index >= 15 is 0 Å². The molecule has 0 spiro atoms. The largest absolute Gasteiger partial charge is 0.468 e. The number of rotatable bonds is 3. The van der Waals surface area contributed by atoms with E-state index in [1.807, 2.05) is 6.07 Å². The Morgan fingerprint density at radius 3 is 3.00 bits per heavy atom. The number of carbonyl (C=O) groups excluding carboxylic acids is 1. The Labute approximate surface area is 87.6 Å². The van der Waals surface area contributed by atoms with Gasteiger partial charge in [-0.25, -0.2) is 0 Å². The van der Waals surface area contributed by atoms with Crippen LogP contribution in [0.25, 0.3) is 0 Å². The monoisotopic (exact) mass is 211 g/mol. The number of nitrogens with two attached hydrogens (primary N) is 1. The van der Waals surface area contributed by atoms with Crippen LogP contribution in [0.15, 0.2) is 5.16 Å². The van der Waals surface area contributed by atoms with Gasteiger partial charge in [-0.3, -0.25) is 4.79 Å². The molecule has 1 unspecified atom stereocenters. The highest BCUT2D eigenvalue weighted by Crippen LogP contribution is 2.17. The molecule has 1 aliphatic heterocycles. The number of nitrogens with zero attached hydrogens (tertiary/aromatic N) is 2. The lowest BCUT2D eigenvalue weighted by molar-refractivity contribution is -0.142. The van der Waals surface area contributed by atoms with E-state index in [0.29, 0.717) is 12.1 Å². The minimum atomic E-state index is -0.769. The van der Waals surface area contributed by atoms with E-state index in [4.69, 9.17) is 15.8 Å². The van der Waals surface area contributed by atoms with Crippen molar-refractivity contribution in [2.45, 2.75) is 25.5 Å². The normalized spacial score (nSPS) is 23.3.